The molecule has 4 atom stereocenters. The lowest BCUT2D eigenvalue weighted by Crippen LogP contribution is -2.45. The molecule has 0 radical (unpaired) electrons. The summed E-state index contributed by atoms with van der Waals surface area (Å²) in [6.07, 6.45) is 3.40. The Hall–Kier alpha value is -2.08. The van der Waals surface area contributed by atoms with E-state index >= 15 is 0 Å². The largest absolute Gasteiger partial charge is 0.352 e. The third-order valence-corrected chi connectivity index (χ3v) is 5.33. The molecule has 2 aliphatic rings. The number of carbonyl (C=O) groups excluding carboxylic acids is 2. The molecule has 130 valence electrons. The second kappa shape index (κ2) is 6.81. The number of nitrogens with zero attached hydrogens (tertiary/aromatic N) is 1. The standard InChI is InChI=1S/C18H26N4O2/c1-22(2)18(24)21-14-5-3-4-11(8-14)10-20-17(23)15-12-6-7-13(9-12)16(15)19/h3-5,8,12-13,15-16H,6-7,9-10,19H2,1-2H3,(H,20,23)(H,21,24). The fourth-order valence-corrected chi connectivity index (χ4v) is 4.03. The molecule has 2 saturated carbocycles. The van der Waals surface area contributed by atoms with Gasteiger partial charge < -0.3 is 21.3 Å². The van der Waals surface area contributed by atoms with Gasteiger partial charge in [0.15, 0.2) is 0 Å². The lowest BCUT2D eigenvalue weighted by atomic mass is 9.84. The third kappa shape index (κ3) is 3.38. The molecule has 1 aromatic rings. The van der Waals surface area contributed by atoms with Crippen LogP contribution >= 0.6 is 0 Å². The van der Waals surface area contributed by atoms with E-state index in [4.69, 9.17) is 5.73 Å². The second-order valence-electron chi connectivity index (χ2n) is 7.18. The van der Waals surface area contributed by atoms with Gasteiger partial charge in [-0.3, -0.25) is 4.79 Å². The van der Waals surface area contributed by atoms with Gasteiger partial charge in [0.05, 0.1) is 5.92 Å². The van der Waals surface area contributed by atoms with E-state index in [2.05, 4.69) is 10.6 Å². The average Bonchev–Trinajstić information content (AvgIpc) is 3.14. The van der Waals surface area contributed by atoms with Crippen LogP contribution in [0.3, 0.4) is 0 Å². The molecule has 3 amide bonds. The molecule has 2 bridgehead atoms. The predicted octanol–water partition coefficient (Wildman–Crippen LogP) is 1.77. The molecule has 2 aliphatic carbocycles. The van der Waals surface area contributed by atoms with Crippen LogP contribution in [-0.4, -0.2) is 37.0 Å². The number of fused-ring (bicyclic) bond motifs is 2. The molecule has 4 N–H and O–H groups in total. The van der Waals surface area contributed by atoms with E-state index in [-0.39, 0.29) is 23.9 Å². The number of hydrogen-bond acceptors (Lipinski definition) is 3. The summed E-state index contributed by atoms with van der Waals surface area (Å²) >= 11 is 0. The molecular weight excluding hydrogens is 304 g/mol. The zero-order chi connectivity index (χ0) is 17.3. The predicted molar refractivity (Wildman–Crippen MR) is 93.3 cm³/mol. The van der Waals surface area contributed by atoms with E-state index < -0.39 is 0 Å². The second-order valence-corrected chi connectivity index (χ2v) is 7.18. The zero-order valence-corrected chi connectivity index (χ0v) is 14.3. The lowest BCUT2D eigenvalue weighted by molar-refractivity contribution is -0.127. The van der Waals surface area contributed by atoms with Gasteiger partial charge >= 0.3 is 6.03 Å². The minimum absolute atomic E-state index is 0.00876. The first-order valence-electron chi connectivity index (χ1n) is 8.56. The Morgan fingerprint density at radius 1 is 1.25 bits per heavy atom. The first-order chi connectivity index (χ1) is 11.5. The Morgan fingerprint density at radius 3 is 2.67 bits per heavy atom. The molecular formula is C18H26N4O2. The first kappa shape index (κ1) is 16.8. The minimum atomic E-state index is -0.177. The van der Waals surface area contributed by atoms with Crippen LogP contribution in [-0.2, 0) is 11.3 Å². The highest BCUT2D eigenvalue weighted by Gasteiger charge is 2.48. The Morgan fingerprint density at radius 2 is 2.00 bits per heavy atom. The number of carbonyl (C=O) groups is 2. The van der Waals surface area contributed by atoms with Crippen molar-refractivity contribution in [3.63, 3.8) is 0 Å². The van der Waals surface area contributed by atoms with Crippen molar-refractivity contribution in [3.05, 3.63) is 29.8 Å². The van der Waals surface area contributed by atoms with Gasteiger partial charge in [0.2, 0.25) is 5.91 Å². The third-order valence-electron chi connectivity index (χ3n) is 5.33. The Kier molecular flexibility index (Phi) is 4.76. The molecule has 24 heavy (non-hydrogen) atoms. The van der Waals surface area contributed by atoms with Crippen molar-refractivity contribution < 1.29 is 9.59 Å². The first-order valence-corrected chi connectivity index (χ1v) is 8.56. The van der Waals surface area contributed by atoms with Crippen LogP contribution in [0.25, 0.3) is 0 Å². The van der Waals surface area contributed by atoms with Gasteiger partial charge in [-0.2, -0.15) is 0 Å². The summed E-state index contributed by atoms with van der Waals surface area (Å²) in [6, 6.07) is 7.35. The number of nitrogens with one attached hydrogen (secondary N) is 2. The van der Waals surface area contributed by atoms with E-state index in [1.807, 2.05) is 24.3 Å². The van der Waals surface area contributed by atoms with Gasteiger partial charge in [0.1, 0.15) is 0 Å². The SMILES string of the molecule is CN(C)C(=O)Nc1cccc(CNC(=O)C2C3CCC(C3)C2N)c1. The maximum Gasteiger partial charge on any atom is 0.321 e. The van der Waals surface area contributed by atoms with E-state index in [0.717, 1.165) is 24.1 Å². The minimum Gasteiger partial charge on any atom is -0.352 e. The van der Waals surface area contributed by atoms with Gasteiger partial charge in [0.25, 0.3) is 0 Å². The zero-order valence-electron chi connectivity index (χ0n) is 14.3. The van der Waals surface area contributed by atoms with E-state index in [1.165, 1.54) is 11.3 Å². The van der Waals surface area contributed by atoms with Gasteiger partial charge in [-0.05, 0) is 48.8 Å². The smallest absolute Gasteiger partial charge is 0.321 e. The van der Waals surface area contributed by atoms with E-state index in [1.54, 1.807) is 14.1 Å². The average molecular weight is 330 g/mol. The van der Waals surface area contributed by atoms with Gasteiger partial charge in [0, 0.05) is 32.4 Å². The van der Waals surface area contributed by atoms with Crippen molar-refractivity contribution in [1.29, 1.82) is 0 Å². The van der Waals surface area contributed by atoms with Crippen molar-refractivity contribution in [2.75, 3.05) is 19.4 Å². The summed E-state index contributed by atoms with van der Waals surface area (Å²) in [4.78, 5) is 25.7. The molecule has 0 aromatic heterocycles. The number of rotatable bonds is 4. The van der Waals surface area contributed by atoms with Crippen LogP contribution in [0.1, 0.15) is 24.8 Å². The van der Waals surface area contributed by atoms with Crippen LogP contribution in [0.2, 0.25) is 0 Å². The van der Waals surface area contributed by atoms with Crippen molar-refractivity contribution in [1.82, 2.24) is 10.2 Å². The summed E-state index contributed by atoms with van der Waals surface area (Å²) in [5.74, 6) is 1.00. The Bertz CT molecular complexity index is 629. The lowest BCUT2D eigenvalue weighted by Gasteiger charge is -2.27. The molecule has 6 nitrogen and oxygen atoms in total. The summed E-state index contributed by atoms with van der Waals surface area (Å²) in [5.41, 5.74) is 7.90. The Balaban J connectivity index is 1.57. The van der Waals surface area contributed by atoms with Gasteiger partial charge in [-0.15, -0.1) is 0 Å². The fourth-order valence-electron chi connectivity index (χ4n) is 4.03. The topological polar surface area (TPSA) is 87.5 Å². The van der Waals surface area contributed by atoms with Crippen LogP contribution in [0, 0.1) is 17.8 Å². The fraction of sp³-hybridized carbons (Fsp3) is 0.556. The summed E-state index contributed by atoms with van der Waals surface area (Å²) in [7, 11) is 3.38. The molecule has 6 heteroatoms. The molecule has 0 spiro atoms. The highest BCUT2D eigenvalue weighted by atomic mass is 16.2. The van der Waals surface area contributed by atoms with Crippen LogP contribution in [0.15, 0.2) is 24.3 Å². The van der Waals surface area contributed by atoms with Crippen LogP contribution < -0.4 is 16.4 Å². The molecule has 4 unspecified atom stereocenters. The van der Waals surface area contributed by atoms with E-state index in [0.29, 0.717) is 18.4 Å². The molecule has 0 aliphatic heterocycles. The summed E-state index contributed by atoms with van der Waals surface area (Å²) in [5, 5.41) is 5.83. The normalized spacial score (nSPS) is 27.8. The summed E-state index contributed by atoms with van der Waals surface area (Å²) in [6.45, 7) is 0.450. The number of anilines is 1. The van der Waals surface area contributed by atoms with Crippen molar-refractivity contribution >= 4 is 17.6 Å². The highest BCUT2D eigenvalue weighted by molar-refractivity contribution is 5.89. The quantitative estimate of drug-likeness (QED) is 0.786. The number of hydrogen-bond donors (Lipinski definition) is 3. The molecule has 0 heterocycles. The maximum atomic E-state index is 12.5. The molecule has 2 fully saturated rings. The van der Waals surface area contributed by atoms with Crippen molar-refractivity contribution in [2.45, 2.75) is 31.8 Å². The Labute approximate surface area is 142 Å². The number of amides is 3. The maximum absolute atomic E-state index is 12.5. The van der Waals surface area contributed by atoms with Crippen molar-refractivity contribution in [2.24, 2.45) is 23.5 Å². The summed E-state index contributed by atoms with van der Waals surface area (Å²) < 4.78 is 0. The number of urea groups is 1. The molecule has 1 aromatic carbocycles. The number of nitrogens with two attached hydrogens (primary N) is 1. The molecule has 0 saturated heterocycles. The van der Waals surface area contributed by atoms with Crippen molar-refractivity contribution in [3.8, 4) is 0 Å². The molecule has 3 rings (SSSR count). The monoisotopic (exact) mass is 330 g/mol. The number of benzene rings is 1. The van der Waals surface area contributed by atoms with Crippen LogP contribution in [0.4, 0.5) is 10.5 Å². The van der Waals surface area contributed by atoms with E-state index in [9.17, 15) is 9.59 Å². The van der Waals surface area contributed by atoms with Crippen LogP contribution in [0.5, 0.6) is 0 Å². The highest BCUT2D eigenvalue weighted by Crippen LogP contribution is 2.47. The van der Waals surface area contributed by atoms with Gasteiger partial charge in [-0.25, -0.2) is 4.79 Å². The van der Waals surface area contributed by atoms with Gasteiger partial charge in [-0.1, -0.05) is 12.1 Å².